The second-order valence-corrected chi connectivity index (χ2v) is 12.5. The highest BCUT2D eigenvalue weighted by molar-refractivity contribution is 5.97. The zero-order chi connectivity index (χ0) is 34.0. The summed E-state index contributed by atoms with van der Waals surface area (Å²) in [5.41, 5.74) is 2.68. The lowest BCUT2D eigenvalue weighted by Gasteiger charge is -2.26. The zero-order valence-electron chi connectivity index (χ0n) is 27.4. The Morgan fingerprint density at radius 3 is 2.25 bits per heavy atom. The summed E-state index contributed by atoms with van der Waals surface area (Å²) >= 11 is 0. The van der Waals surface area contributed by atoms with E-state index >= 15 is 0 Å². The highest BCUT2D eigenvalue weighted by Crippen LogP contribution is 2.25. The molecule has 2 heterocycles. The van der Waals surface area contributed by atoms with E-state index in [9.17, 15) is 19.2 Å². The number of nitrogens with one attached hydrogen (secondary N) is 4. The largest absolute Gasteiger partial charge is 0.457 e. The van der Waals surface area contributed by atoms with E-state index in [0.717, 1.165) is 16.7 Å². The van der Waals surface area contributed by atoms with Crippen LogP contribution in [-0.4, -0.2) is 57.9 Å². The predicted molar refractivity (Wildman–Crippen MR) is 181 cm³/mol. The van der Waals surface area contributed by atoms with E-state index in [1.165, 1.54) is 6.33 Å². The van der Waals surface area contributed by atoms with Gasteiger partial charge in [0.1, 0.15) is 35.3 Å². The zero-order valence-corrected chi connectivity index (χ0v) is 27.4. The Morgan fingerprint density at radius 2 is 1.60 bits per heavy atom. The summed E-state index contributed by atoms with van der Waals surface area (Å²) in [5.74, 6) is -0.584. The van der Waals surface area contributed by atoms with Crippen molar-refractivity contribution in [3.63, 3.8) is 0 Å². The highest BCUT2D eigenvalue weighted by atomic mass is 16.5. The Hall–Kier alpha value is -5.45. The number of fused-ring (bicyclic) bond motifs is 4. The van der Waals surface area contributed by atoms with Gasteiger partial charge in [0.05, 0.1) is 6.33 Å². The second kappa shape index (κ2) is 15.9. The highest BCUT2D eigenvalue weighted by Gasteiger charge is 2.31. The van der Waals surface area contributed by atoms with Crippen molar-refractivity contribution >= 4 is 23.6 Å². The number of benzene rings is 3. The fraction of sp³-hybridized carbons (Fsp3) is 0.324. The molecular formula is C37H42N6O5. The summed E-state index contributed by atoms with van der Waals surface area (Å²) in [6, 6.07) is 21.3. The van der Waals surface area contributed by atoms with Gasteiger partial charge in [0.2, 0.25) is 17.7 Å². The van der Waals surface area contributed by atoms with Crippen LogP contribution in [0.2, 0.25) is 0 Å². The maximum absolute atomic E-state index is 14.0. The molecule has 0 aliphatic carbocycles. The Bertz CT molecular complexity index is 1740. The summed E-state index contributed by atoms with van der Waals surface area (Å²) in [6.45, 7) is 4.42. The maximum atomic E-state index is 14.0. The Morgan fingerprint density at radius 1 is 0.917 bits per heavy atom. The normalized spacial score (nSPS) is 18.3. The summed E-state index contributed by atoms with van der Waals surface area (Å²) < 4.78 is 7.81. The molecular weight excluding hydrogens is 608 g/mol. The van der Waals surface area contributed by atoms with E-state index in [2.05, 4.69) is 26.3 Å². The molecule has 48 heavy (non-hydrogen) atoms. The molecule has 5 rings (SSSR count). The molecule has 0 unspecified atom stereocenters. The number of hydrogen-bond acceptors (Lipinski definition) is 6. The SMILES string of the molecule is CC(C)CNC(=O)[C@@H]1Cc2cccc(c2)Oc2cccc(c2)C[C@H](NC(=O)c2cn(C)cn2)C(=O)N[C@@H](CCc2ccccc2)C(=O)N1. The number of nitrogens with zero attached hydrogens (tertiary/aromatic N) is 2. The first kappa shape index (κ1) is 33.9. The van der Waals surface area contributed by atoms with Crippen molar-refractivity contribution in [3.8, 4) is 11.5 Å². The van der Waals surface area contributed by atoms with Gasteiger partial charge in [0, 0.05) is 32.6 Å². The smallest absolute Gasteiger partial charge is 0.272 e. The molecule has 0 saturated carbocycles. The second-order valence-electron chi connectivity index (χ2n) is 12.5. The minimum Gasteiger partial charge on any atom is -0.457 e. The lowest BCUT2D eigenvalue weighted by atomic mass is 10.0. The van der Waals surface area contributed by atoms with Gasteiger partial charge in [0.15, 0.2) is 0 Å². The standard InChI is InChI=1S/C37H42N6O5/c1-24(2)21-38-34(44)31-19-26-11-7-13-28(17-26)48-29-14-8-12-27(18-29)20-32(42-37(47)33-22-43(3)23-39-33)36(46)40-30(35(45)41-31)16-15-25-9-5-4-6-10-25/h4-14,17-18,22-24,30-32H,15-16,19-21H2,1-3H3,(H,38,44)(H,40,46)(H,41,45)(H,42,47)/t30-,31-,32-/m0/s1. The van der Waals surface area contributed by atoms with Crippen LogP contribution in [0.4, 0.5) is 0 Å². The lowest BCUT2D eigenvalue weighted by Crippen LogP contribution is -2.57. The Kier molecular flexibility index (Phi) is 11.2. The molecule has 4 N–H and O–H groups in total. The average Bonchev–Trinajstić information content (AvgIpc) is 3.51. The number of imidazole rings is 1. The molecule has 0 saturated heterocycles. The molecule has 4 amide bonds. The number of carbonyl (C=O) groups excluding carboxylic acids is 4. The first-order valence-corrected chi connectivity index (χ1v) is 16.2. The average molecular weight is 651 g/mol. The van der Waals surface area contributed by atoms with E-state index < -0.39 is 35.8 Å². The van der Waals surface area contributed by atoms with Gasteiger partial charge in [-0.05, 0) is 59.7 Å². The van der Waals surface area contributed by atoms with Crippen LogP contribution in [0.1, 0.15) is 47.4 Å². The van der Waals surface area contributed by atoms with Gasteiger partial charge in [-0.15, -0.1) is 0 Å². The molecule has 0 radical (unpaired) electrons. The lowest BCUT2D eigenvalue weighted by molar-refractivity contribution is -0.132. The molecule has 3 atom stereocenters. The van der Waals surface area contributed by atoms with Crippen molar-refractivity contribution in [2.45, 2.75) is 57.7 Å². The number of ether oxygens (including phenoxy) is 1. The van der Waals surface area contributed by atoms with Crippen LogP contribution in [0.3, 0.4) is 0 Å². The van der Waals surface area contributed by atoms with Crippen LogP contribution in [-0.2, 0) is 40.7 Å². The molecule has 11 heteroatoms. The third kappa shape index (κ3) is 9.54. The minimum atomic E-state index is -1.05. The van der Waals surface area contributed by atoms with Crippen LogP contribution < -0.4 is 26.0 Å². The third-order valence-electron chi connectivity index (χ3n) is 7.99. The summed E-state index contributed by atoms with van der Waals surface area (Å²) in [6.07, 6.45) is 4.15. The maximum Gasteiger partial charge on any atom is 0.272 e. The Balaban J connectivity index is 1.51. The molecule has 1 aliphatic rings. The summed E-state index contributed by atoms with van der Waals surface area (Å²) in [5, 5.41) is 11.6. The van der Waals surface area contributed by atoms with Crippen LogP contribution >= 0.6 is 0 Å². The molecule has 1 aromatic heterocycles. The van der Waals surface area contributed by atoms with Gasteiger partial charge >= 0.3 is 0 Å². The molecule has 0 fully saturated rings. The van der Waals surface area contributed by atoms with Gasteiger partial charge in [-0.3, -0.25) is 19.2 Å². The molecule has 4 bridgehead atoms. The number of hydrogen-bond donors (Lipinski definition) is 4. The van der Waals surface area contributed by atoms with Gasteiger partial charge in [0.25, 0.3) is 5.91 Å². The van der Waals surface area contributed by atoms with Crippen molar-refractivity contribution in [2.24, 2.45) is 13.0 Å². The third-order valence-corrected chi connectivity index (χ3v) is 7.99. The quantitative estimate of drug-likeness (QED) is 0.230. The van der Waals surface area contributed by atoms with Crippen molar-refractivity contribution < 1.29 is 23.9 Å². The summed E-state index contributed by atoms with van der Waals surface area (Å²) in [7, 11) is 1.75. The van der Waals surface area contributed by atoms with E-state index in [1.54, 1.807) is 17.8 Å². The molecule has 11 nitrogen and oxygen atoms in total. The fourth-order valence-corrected chi connectivity index (χ4v) is 5.46. The van der Waals surface area contributed by atoms with Gasteiger partial charge < -0.3 is 30.6 Å². The number of amides is 4. The van der Waals surface area contributed by atoms with Crippen molar-refractivity contribution in [1.82, 2.24) is 30.8 Å². The molecule has 0 spiro atoms. The van der Waals surface area contributed by atoms with Crippen LogP contribution in [0, 0.1) is 5.92 Å². The number of rotatable bonds is 8. The monoisotopic (exact) mass is 650 g/mol. The summed E-state index contributed by atoms with van der Waals surface area (Å²) in [4.78, 5) is 58.9. The topological polar surface area (TPSA) is 143 Å². The number of aromatic nitrogens is 2. The first-order chi connectivity index (χ1) is 23.1. The van der Waals surface area contributed by atoms with Crippen LogP contribution in [0.5, 0.6) is 11.5 Å². The van der Waals surface area contributed by atoms with E-state index in [0.29, 0.717) is 24.5 Å². The number of carbonyl (C=O) groups is 4. The van der Waals surface area contributed by atoms with E-state index in [1.807, 2.05) is 92.7 Å². The number of aryl methyl sites for hydroxylation is 2. The molecule has 1 aliphatic heterocycles. The van der Waals surface area contributed by atoms with Gasteiger partial charge in [-0.25, -0.2) is 4.98 Å². The van der Waals surface area contributed by atoms with Crippen molar-refractivity contribution in [3.05, 3.63) is 114 Å². The predicted octanol–water partition coefficient (Wildman–Crippen LogP) is 3.48. The molecule has 3 aromatic carbocycles. The first-order valence-electron chi connectivity index (χ1n) is 16.2. The van der Waals surface area contributed by atoms with E-state index in [4.69, 9.17) is 4.74 Å². The van der Waals surface area contributed by atoms with Gasteiger partial charge in [-0.2, -0.15) is 0 Å². The van der Waals surface area contributed by atoms with Crippen molar-refractivity contribution in [2.75, 3.05) is 6.54 Å². The van der Waals surface area contributed by atoms with Crippen molar-refractivity contribution in [1.29, 1.82) is 0 Å². The van der Waals surface area contributed by atoms with Crippen LogP contribution in [0.15, 0.2) is 91.4 Å². The minimum absolute atomic E-state index is 0.120. The Labute approximate surface area is 280 Å². The van der Waals surface area contributed by atoms with Gasteiger partial charge in [-0.1, -0.05) is 68.4 Å². The fourth-order valence-electron chi connectivity index (χ4n) is 5.46. The van der Waals surface area contributed by atoms with E-state index in [-0.39, 0.29) is 36.8 Å². The molecule has 250 valence electrons. The molecule has 4 aromatic rings. The van der Waals surface area contributed by atoms with Crippen LogP contribution in [0.25, 0.3) is 0 Å².